The van der Waals surface area contributed by atoms with Gasteiger partial charge < -0.3 is 19.9 Å². The number of nitrogens with zero attached hydrogens (tertiary/aromatic N) is 4. The van der Waals surface area contributed by atoms with Crippen LogP contribution >= 0.6 is 24.0 Å². The Morgan fingerprint density at radius 1 is 1.03 bits per heavy atom. The monoisotopic (exact) mass is 543 g/mol. The molecule has 0 spiro atoms. The average Bonchev–Trinajstić information content (AvgIpc) is 3.33. The van der Waals surface area contributed by atoms with E-state index in [2.05, 4.69) is 51.3 Å². The molecule has 2 heterocycles. The van der Waals surface area contributed by atoms with Gasteiger partial charge in [0.25, 0.3) is 0 Å². The molecule has 1 atom stereocenters. The van der Waals surface area contributed by atoms with Crippen molar-refractivity contribution in [2.75, 3.05) is 52.9 Å². The number of amides is 1. The Balaban J connectivity index is 0.00000341. The predicted octanol–water partition coefficient (Wildman–Crippen LogP) is 2.55. The molecule has 0 aliphatic carbocycles. The Hall–Kier alpha value is -1.39. The first kappa shape index (κ1) is 25.9. The summed E-state index contributed by atoms with van der Waals surface area (Å²) < 4.78 is 5.45. The predicted molar refractivity (Wildman–Crippen MR) is 136 cm³/mol. The molecule has 0 radical (unpaired) electrons. The molecule has 31 heavy (non-hydrogen) atoms. The number of likely N-dealkylation sites (tertiary alicyclic amines) is 1. The van der Waals surface area contributed by atoms with Crippen LogP contribution in [0.5, 0.6) is 0 Å². The zero-order chi connectivity index (χ0) is 21.3. The first-order chi connectivity index (χ1) is 14.6. The van der Waals surface area contributed by atoms with Crippen molar-refractivity contribution in [1.82, 2.24) is 20.0 Å². The van der Waals surface area contributed by atoms with Crippen LogP contribution in [-0.4, -0.2) is 85.5 Å². The van der Waals surface area contributed by atoms with Crippen molar-refractivity contribution in [3.05, 3.63) is 35.4 Å². The van der Waals surface area contributed by atoms with Crippen LogP contribution in [0.1, 0.15) is 37.8 Å². The summed E-state index contributed by atoms with van der Waals surface area (Å²) >= 11 is 0. The van der Waals surface area contributed by atoms with Gasteiger partial charge in [-0.1, -0.05) is 24.3 Å². The summed E-state index contributed by atoms with van der Waals surface area (Å²) in [4.78, 5) is 23.8. The van der Waals surface area contributed by atoms with Crippen LogP contribution in [0.25, 0.3) is 0 Å². The van der Waals surface area contributed by atoms with Crippen LogP contribution < -0.4 is 5.32 Å². The molecule has 1 amide bonds. The Labute approximate surface area is 204 Å². The topological polar surface area (TPSA) is 60.4 Å². The third kappa shape index (κ3) is 7.32. The molecule has 7 nitrogen and oxygen atoms in total. The largest absolute Gasteiger partial charge is 0.377 e. The number of hydrogen-bond acceptors (Lipinski definition) is 4. The highest BCUT2D eigenvalue weighted by atomic mass is 127. The van der Waals surface area contributed by atoms with Gasteiger partial charge in [0.1, 0.15) is 0 Å². The summed E-state index contributed by atoms with van der Waals surface area (Å²) in [5.74, 6) is 1.21. The molecule has 2 aliphatic rings. The van der Waals surface area contributed by atoms with Gasteiger partial charge in [-0.2, -0.15) is 0 Å². The average molecular weight is 543 g/mol. The molecule has 1 unspecified atom stereocenters. The molecule has 0 bridgehead atoms. The van der Waals surface area contributed by atoms with Gasteiger partial charge >= 0.3 is 0 Å². The molecule has 2 fully saturated rings. The van der Waals surface area contributed by atoms with Gasteiger partial charge in [0.15, 0.2) is 5.96 Å². The second-order valence-corrected chi connectivity index (χ2v) is 8.09. The van der Waals surface area contributed by atoms with Crippen LogP contribution in [0.4, 0.5) is 0 Å². The normalized spacial score (nSPS) is 18.6. The SMILES string of the molecule is CCOCc1ccc(CNC(=NC)N2CCN(C(C)C(=O)N3CCCC3)CC2)cc1.I. The molecular weight excluding hydrogens is 505 g/mol. The molecule has 174 valence electrons. The van der Waals surface area contributed by atoms with E-state index < -0.39 is 0 Å². The van der Waals surface area contributed by atoms with Gasteiger partial charge in [-0.25, -0.2) is 0 Å². The van der Waals surface area contributed by atoms with Crippen molar-refractivity contribution >= 4 is 35.8 Å². The molecule has 0 aromatic heterocycles. The lowest BCUT2D eigenvalue weighted by atomic mass is 10.1. The molecule has 1 aromatic carbocycles. The van der Waals surface area contributed by atoms with Gasteiger partial charge in [0.2, 0.25) is 5.91 Å². The lowest BCUT2D eigenvalue weighted by Gasteiger charge is -2.39. The second kappa shape index (κ2) is 13.2. The maximum absolute atomic E-state index is 12.7. The van der Waals surface area contributed by atoms with Crippen LogP contribution in [0, 0.1) is 0 Å². The number of hydrogen-bond donors (Lipinski definition) is 1. The van der Waals surface area contributed by atoms with Gasteiger partial charge in [0.05, 0.1) is 12.6 Å². The van der Waals surface area contributed by atoms with Crippen molar-refractivity contribution in [3.8, 4) is 0 Å². The van der Waals surface area contributed by atoms with E-state index in [9.17, 15) is 4.79 Å². The van der Waals surface area contributed by atoms with E-state index in [4.69, 9.17) is 4.74 Å². The molecule has 1 aromatic rings. The number of nitrogens with one attached hydrogen (secondary N) is 1. The minimum atomic E-state index is -0.0320. The van der Waals surface area contributed by atoms with Gasteiger partial charge in [-0.15, -0.1) is 24.0 Å². The highest BCUT2D eigenvalue weighted by molar-refractivity contribution is 14.0. The van der Waals surface area contributed by atoms with Crippen LogP contribution in [0.2, 0.25) is 0 Å². The molecule has 8 heteroatoms. The number of guanidine groups is 1. The lowest BCUT2D eigenvalue weighted by Crippen LogP contribution is -2.57. The van der Waals surface area contributed by atoms with E-state index >= 15 is 0 Å². The third-order valence-electron chi connectivity index (χ3n) is 6.09. The fourth-order valence-electron chi connectivity index (χ4n) is 4.17. The third-order valence-corrected chi connectivity index (χ3v) is 6.09. The van der Waals surface area contributed by atoms with Crippen molar-refractivity contribution in [2.45, 2.75) is 45.9 Å². The van der Waals surface area contributed by atoms with E-state index in [1.807, 2.05) is 18.9 Å². The Bertz CT molecular complexity index is 698. The van der Waals surface area contributed by atoms with E-state index in [0.29, 0.717) is 6.61 Å². The van der Waals surface area contributed by atoms with E-state index in [0.717, 1.165) is 71.2 Å². The minimum Gasteiger partial charge on any atom is -0.377 e. The highest BCUT2D eigenvalue weighted by Gasteiger charge is 2.30. The Morgan fingerprint density at radius 2 is 1.65 bits per heavy atom. The molecule has 3 rings (SSSR count). The van der Waals surface area contributed by atoms with Crippen molar-refractivity contribution < 1.29 is 9.53 Å². The van der Waals surface area contributed by atoms with Crippen molar-refractivity contribution in [2.24, 2.45) is 4.99 Å². The summed E-state index contributed by atoms with van der Waals surface area (Å²) in [6.45, 7) is 11.6. The van der Waals surface area contributed by atoms with E-state index in [1.165, 1.54) is 11.1 Å². The van der Waals surface area contributed by atoms with Gasteiger partial charge in [-0.3, -0.25) is 14.7 Å². The summed E-state index contributed by atoms with van der Waals surface area (Å²) in [6, 6.07) is 8.48. The van der Waals surface area contributed by atoms with Crippen molar-refractivity contribution in [3.63, 3.8) is 0 Å². The highest BCUT2D eigenvalue weighted by Crippen LogP contribution is 2.14. The zero-order valence-corrected chi connectivity index (χ0v) is 21.5. The molecule has 1 N–H and O–H groups in total. The van der Waals surface area contributed by atoms with E-state index in [-0.39, 0.29) is 35.9 Å². The smallest absolute Gasteiger partial charge is 0.239 e. The Morgan fingerprint density at radius 3 is 2.23 bits per heavy atom. The number of halogens is 1. The van der Waals surface area contributed by atoms with Crippen LogP contribution in [0.3, 0.4) is 0 Å². The number of ether oxygens (including phenoxy) is 1. The summed E-state index contributed by atoms with van der Waals surface area (Å²) in [7, 11) is 1.83. The van der Waals surface area contributed by atoms with Crippen LogP contribution in [-0.2, 0) is 22.7 Å². The van der Waals surface area contributed by atoms with Gasteiger partial charge in [0, 0.05) is 59.5 Å². The Kier molecular flexibility index (Phi) is 11.0. The van der Waals surface area contributed by atoms with Gasteiger partial charge in [-0.05, 0) is 37.8 Å². The summed E-state index contributed by atoms with van der Waals surface area (Å²) in [5.41, 5.74) is 2.42. The summed E-state index contributed by atoms with van der Waals surface area (Å²) in [6.07, 6.45) is 2.28. The van der Waals surface area contributed by atoms with Crippen molar-refractivity contribution in [1.29, 1.82) is 0 Å². The summed E-state index contributed by atoms with van der Waals surface area (Å²) in [5, 5.41) is 3.48. The number of aliphatic imine (C=N–C) groups is 1. The first-order valence-electron chi connectivity index (χ1n) is 11.3. The fraction of sp³-hybridized carbons (Fsp3) is 0.652. The number of rotatable bonds is 7. The standard InChI is InChI=1S/C23H37N5O2.HI/c1-4-30-18-21-9-7-20(8-10-21)17-25-23(24-3)28-15-13-26(14-16-28)19(2)22(29)27-11-5-6-12-27;/h7-10,19H,4-6,11-18H2,1-3H3,(H,24,25);1H. The van der Waals surface area contributed by atoms with E-state index in [1.54, 1.807) is 0 Å². The maximum atomic E-state index is 12.7. The number of benzene rings is 1. The maximum Gasteiger partial charge on any atom is 0.239 e. The van der Waals surface area contributed by atoms with Crippen LogP contribution in [0.15, 0.2) is 29.3 Å². The first-order valence-corrected chi connectivity index (χ1v) is 11.3. The number of carbonyl (C=O) groups is 1. The molecule has 2 aliphatic heterocycles. The second-order valence-electron chi connectivity index (χ2n) is 8.09. The molecule has 0 saturated carbocycles. The minimum absolute atomic E-state index is 0. The number of carbonyl (C=O) groups excluding carboxylic acids is 1. The molecular formula is C23H38IN5O2. The fourth-order valence-corrected chi connectivity index (χ4v) is 4.17. The quantitative estimate of drug-likeness (QED) is 0.326. The zero-order valence-electron chi connectivity index (χ0n) is 19.2. The number of piperazine rings is 1. The lowest BCUT2D eigenvalue weighted by molar-refractivity contribution is -0.135. The molecule has 2 saturated heterocycles.